The van der Waals surface area contributed by atoms with Crippen molar-refractivity contribution in [1.82, 2.24) is 4.31 Å². The van der Waals surface area contributed by atoms with Gasteiger partial charge in [0, 0.05) is 58.9 Å². The molecule has 3 aromatic carbocycles. The Morgan fingerprint density at radius 2 is 1.69 bits per heavy atom. The Bertz CT molecular complexity index is 1620. The summed E-state index contributed by atoms with van der Waals surface area (Å²) in [5.74, 6) is 0.214. The number of nitrogens with zero attached hydrogens (tertiary/aromatic N) is 2. The van der Waals surface area contributed by atoms with Crippen LogP contribution in [0.25, 0.3) is 0 Å². The summed E-state index contributed by atoms with van der Waals surface area (Å²) in [6.07, 6.45) is 1.06. The largest absolute Gasteiger partial charge is 0.494 e. The Morgan fingerprint density at radius 3 is 2.41 bits per heavy atom. The normalized spacial score (nSPS) is 19.7. The Hall–Kier alpha value is -3.68. The van der Waals surface area contributed by atoms with Gasteiger partial charge in [0.05, 0.1) is 42.9 Å². The zero-order valence-electron chi connectivity index (χ0n) is 28.6. The van der Waals surface area contributed by atoms with E-state index in [4.69, 9.17) is 23.7 Å². The molecule has 11 nitrogen and oxygen atoms in total. The summed E-state index contributed by atoms with van der Waals surface area (Å²) in [5.41, 5.74) is 3.79. The number of benzene rings is 3. The molecule has 1 fully saturated rings. The predicted octanol–water partition coefficient (Wildman–Crippen LogP) is 5.25. The van der Waals surface area contributed by atoms with E-state index in [0.717, 1.165) is 54.1 Å². The molecule has 0 aromatic heterocycles. The van der Waals surface area contributed by atoms with Gasteiger partial charge >= 0.3 is 5.97 Å². The molecule has 5 rings (SSSR count). The van der Waals surface area contributed by atoms with Gasteiger partial charge in [0.1, 0.15) is 18.1 Å². The van der Waals surface area contributed by atoms with Gasteiger partial charge < -0.3 is 33.7 Å². The van der Waals surface area contributed by atoms with Crippen LogP contribution in [-0.4, -0.2) is 96.2 Å². The lowest BCUT2D eigenvalue weighted by Crippen LogP contribution is -2.52. The average Bonchev–Trinajstić information content (AvgIpc) is 3.10. The van der Waals surface area contributed by atoms with Gasteiger partial charge in [0.15, 0.2) is 0 Å². The second-order valence-corrected chi connectivity index (χ2v) is 14.5. The molecule has 1 N–H and O–H groups in total. The van der Waals surface area contributed by atoms with E-state index in [1.807, 2.05) is 43.3 Å². The van der Waals surface area contributed by atoms with E-state index in [9.17, 15) is 18.3 Å². The summed E-state index contributed by atoms with van der Waals surface area (Å²) < 4.78 is 58.3. The number of hydrogen-bond donors (Lipinski definition) is 1. The molecule has 1 saturated heterocycles. The van der Waals surface area contributed by atoms with Crippen LogP contribution in [0.5, 0.6) is 11.5 Å². The Balaban J connectivity index is 1.42. The van der Waals surface area contributed by atoms with E-state index < -0.39 is 28.1 Å². The minimum Gasteiger partial charge on any atom is -0.494 e. The quantitative estimate of drug-likeness (QED) is 0.187. The third-order valence-corrected chi connectivity index (χ3v) is 11.0. The Kier molecular flexibility index (Phi) is 12.9. The highest BCUT2D eigenvalue weighted by molar-refractivity contribution is 7.89. The minimum absolute atomic E-state index is 0.00524. The van der Waals surface area contributed by atoms with Crippen molar-refractivity contribution in [3.05, 3.63) is 83.4 Å². The fourth-order valence-corrected chi connectivity index (χ4v) is 8.16. The first-order valence-electron chi connectivity index (χ1n) is 16.8. The Labute approximate surface area is 289 Å². The smallest absolute Gasteiger partial charge is 0.304 e. The van der Waals surface area contributed by atoms with Crippen LogP contribution in [0.15, 0.2) is 71.6 Å². The standard InChI is InChI=1S/C37H48N2O9S/c1-27-6-13-32(14-7-27)49(42,43)39-25-36(48-26-28-8-15-35-34(22-28)38(17-21-47-35)16-4-18-44-2)33(23-30(39)24-37(40)41)29-9-11-31(12-10-29)46-20-5-19-45-3/h6-15,22,30,33,36H,4-5,16-21,23-26H2,1-3H3,(H,40,41)/t30-,33-,36+/m1/s1. The molecule has 2 aliphatic heterocycles. The van der Waals surface area contributed by atoms with Gasteiger partial charge in [-0.3, -0.25) is 4.79 Å². The molecule has 0 bridgehead atoms. The van der Waals surface area contributed by atoms with E-state index in [2.05, 4.69) is 11.0 Å². The second kappa shape index (κ2) is 17.3. The van der Waals surface area contributed by atoms with Gasteiger partial charge in [0.2, 0.25) is 10.0 Å². The number of aliphatic carboxylic acids is 1. The number of methoxy groups -OCH3 is 2. The molecule has 0 aliphatic carbocycles. The molecule has 49 heavy (non-hydrogen) atoms. The molecular formula is C37H48N2O9S. The first-order valence-corrected chi connectivity index (χ1v) is 18.3. The molecule has 3 aromatic rings. The van der Waals surface area contributed by atoms with Gasteiger partial charge in [-0.25, -0.2) is 8.42 Å². The maximum absolute atomic E-state index is 14.1. The maximum Gasteiger partial charge on any atom is 0.304 e. The number of carboxylic acids is 1. The molecule has 12 heteroatoms. The highest BCUT2D eigenvalue weighted by Crippen LogP contribution is 2.39. The van der Waals surface area contributed by atoms with Crippen molar-refractivity contribution in [1.29, 1.82) is 0 Å². The lowest BCUT2D eigenvalue weighted by Gasteiger charge is -2.43. The van der Waals surface area contributed by atoms with Gasteiger partial charge in [0.25, 0.3) is 0 Å². The lowest BCUT2D eigenvalue weighted by molar-refractivity contribution is -0.138. The molecule has 0 amide bonds. The van der Waals surface area contributed by atoms with Crippen LogP contribution in [0.4, 0.5) is 5.69 Å². The molecule has 266 valence electrons. The number of carbonyl (C=O) groups is 1. The highest BCUT2D eigenvalue weighted by atomic mass is 32.2. The van der Waals surface area contributed by atoms with E-state index in [1.54, 1.807) is 38.5 Å². The Morgan fingerprint density at radius 1 is 0.959 bits per heavy atom. The minimum atomic E-state index is -4.02. The SMILES string of the molecule is COCCCOc1ccc([C@H]2C[C@H](CC(=O)O)N(S(=O)(=O)c3ccc(C)cc3)C[C@@H]2OCc2ccc3c(c2)N(CCCOC)CCO3)cc1. The van der Waals surface area contributed by atoms with Crippen molar-refractivity contribution in [2.45, 2.75) is 62.2 Å². The molecule has 2 aliphatic rings. The highest BCUT2D eigenvalue weighted by Gasteiger charge is 2.43. The van der Waals surface area contributed by atoms with E-state index in [1.165, 1.54) is 4.31 Å². The molecular weight excluding hydrogens is 648 g/mol. The molecule has 3 atom stereocenters. The summed E-state index contributed by atoms with van der Waals surface area (Å²) in [7, 11) is -0.668. The third-order valence-electron chi connectivity index (χ3n) is 9.07. The van der Waals surface area contributed by atoms with Crippen molar-refractivity contribution < 1.29 is 42.0 Å². The fraction of sp³-hybridized carbons (Fsp3) is 0.486. The average molecular weight is 697 g/mol. The number of hydrogen-bond acceptors (Lipinski definition) is 9. The maximum atomic E-state index is 14.1. The molecule has 2 heterocycles. The number of sulfonamides is 1. The van der Waals surface area contributed by atoms with Gasteiger partial charge in [-0.15, -0.1) is 0 Å². The summed E-state index contributed by atoms with van der Waals surface area (Å²) in [6.45, 7) is 6.15. The van der Waals surface area contributed by atoms with Crippen LogP contribution >= 0.6 is 0 Å². The van der Waals surface area contributed by atoms with Gasteiger partial charge in [-0.1, -0.05) is 35.9 Å². The number of aryl methyl sites for hydroxylation is 1. The van der Waals surface area contributed by atoms with Crippen molar-refractivity contribution in [3.8, 4) is 11.5 Å². The van der Waals surface area contributed by atoms with Crippen molar-refractivity contribution in [2.24, 2.45) is 0 Å². The summed E-state index contributed by atoms with van der Waals surface area (Å²) >= 11 is 0. The molecule has 0 saturated carbocycles. The van der Waals surface area contributed by atoms with Gasteiger partial charge in [-0.2, -0.15) is 4.31 Å². The van der Waals surface area contributed by atoms with E-state index in [-0.39, 0.29) is 36.8 Å². The van der Waals surface area contributed by atoms with Crippen LogP contribution in [0, 0.1) is 6.92 Å². The summed E-state index contributed by atoms with van der Waals surface area (Å²) in [4.78, 5) is 14.5. The van der Waals surface area contributed by atoms with Crippen LogP contribution in [0.3, 0.4) is 0 Å². The number of rotatable bonds is 17. The topological polar surface area (TPSA) is 124 Å². The van der Waals surface area contributed by atoms with Crippen LogP contribution < -0.4 is 14.4 Å². The predicted molar refractivity (Wildman–Crippen MR) is 186 cm³/mol. The van der Waals surface area contributed by atoms with E-state index >= 15 is 0 Å². The summed E-state index contributed by atoms with van der Waals surface area (Å²) in [5, 5.41) is 9.87. The zero-order chi connectivity index (χ0) is 34.8. The lowest BCUT2D eigenvalue weighted by atomic mass is 9.83. The molecule has 0 radical (unpaired) electrons. The van der Waals surface area contributed by atoms with E-state index in [0.29, 0.717) is 32.2 Å². The van der Waals surface area contributed by atoms with Crippen molar-refractivity contribution in [3.63, 3.8) is 0 Å². The number of carboxylic acid groups (broad SMARTS) is 1. The first kappa shape index (κ1) is 36.6. The fourth-order valence-electron chi connectivity index (χ4n) is 6.51. The first-order chi connectivity index (χ1) is 23.7. The van der Waals surface area contributed by atoms with Crippen molar-refractivity contribution in [2.75, 3.05) is 65.2 Å². The number of fused-ring (bicyclic) bond motifs is 1. The van der Waals surface area contributed by atoms with Gasteiger partial charge in [-0.05, 0) is 67.3 Å². The third kappa shape index (κ3) is 9.52. The van der Waals surface area contributed by atoms with Crippen LogP contribution in [0.1, 0.15) is 48.3 Å². The monoisotopic (exact) mass is 696 g/mol. The molecule has 0 unspecified atom stereocenters. The number of ether oxygens (including phenoxy) is 5. The van der Waals surface area contributed by atoms with Crippen molar-refractivity contribution >= 4 is 21.7 Å². The summed E-state index contributed by atoms with van der Waals surface area (Å²) in [6, 6.07) is 19.6. The number of anilines is 1. The van der Waals surface area contributed by atoms with Crippen LogP contribution in [0.2, 0.25) is 0 Å². The van der Waals surface area contributed by atoms with Crippen LogP contribution in [-0.2, 0) is 35.6 Å². The second-order valence-electron chi connectivity index (χ2n) is 12.6. The number of piperidine rings is 1. The zero-order valence-corrected chi connectivity index (χ0v) is 29.4. The molecule has 0 spiro atoms.